The molecule has 1 aliphatic rings. The summed E-state index contributed by atoms with van der Waals surface area (Å²) in [5.41, 5.74) is 1.80. The zero-order valence-electron chi connectivity index (χ0n) is 8.47. The van der Waals surface area contributed by atoms with Crippen LogP contribution in [0.15, 0.2) is 22.8 Å². The van der Waals surface area contributed by atoms with Crippen LogP contribution in [0.25, 0.3) is 0 Å². The summed E-state index contributed by atoms with van der Waals surface area (Å²) < 4.78 is 0. The fraction of sp³-hybridized carbons (Fsp3) is 0.455. The van der Waals surface area contributed by atoms with Crippen molar-refractivity contribution in [3.05, 3.63) is 22.8 Å². The van der Waals surface area contributed by atoms with Crippen LogP contribution in [0.3, 0.4) is 0 Å². The maximum absolute atomic E-state index is 11.6. The van der Waals surface area contributed by atoms with Crippen LogP contribution >= 0.6 is 0 Å². The Bertz CT molecular complexity index is 330. The van der Waals surface area contributed by atoms with Crippen molar-refractivity contribution >= 4 is 11.6 Å². The molecule has 0 radical (unpaired) electrons. The maximum atomic E-state index is 11.6. The van der Waals surface area contributed by atoms with Crippen LogP contribution in [0.1, 0.15) is 27.7 Å². The van der Waals surface area contributed by atoms with Crippen LogP contribution in [0.5, 0.6) is 0 Å². The van der Waals surface area contributed by atoms with Crippen molar-refractivity contribution in [3.8, 4) is 0 Å². The first kappa shape index (κ1) is 9.90. The fourth-order valence-electron chi connectivity index (χ4n) is 1.32. The molecular formula is C11H14O2. The van der Waals surface area contributed by atoms with E-state index in [0.717, 1.165) is 0 Å². The molecular weight excluding hydrogens is 164 g/mol. The number of ketones is 2. The van der Waals surface area contributed by atoms with Crippen LogP contribution in [-0.2, 0) is 9.59 Å². The number of carbonyl (C=O) groups is 2. The van der Waals surface area contributed by atoms with Gasteiger partial charge < -0.3 is 0 Å². The van der Waals surface area contributed by atoms with Crippen LogP contribution in [0.4, 0.5) is 0 Å². The Morgan fingerprint density at radius 1 is 1.08 bits per heavy atom. The molecule has 0 atom stereocenters. The van der Waals surface area contributed by atoms with E-state index in [9.17, 15) is 9.59 Å². The monoisotopic (exact) mass is 178 g/mol. The molecule has 0 aromatic rings. The SMILES string of the molecule is CC1=C(C)C(=O)C(C(C)C)=CC1=O. The van der Waals surface area contributed by atoms with Crippen LogP contribution in [0.2, 0.25) is 0 Å². The summed E-state index contributed by atoms with van der Waals surface area (Å²) in [6.07, 6.45) is 1.47. The molecule has 2 heteroatoms. The molecule has 0 fully saturated rings. The third-order valence-electron chi connectivity index (χ3n) is 2.44. The van der Waals surface area contributed by atoms with Crippen molar-refractivity contribution in [1.82, 2.24) is 0 Å². The van der Waals surface area contributed by atoms with Gasteiger partial charge in [0.15, 0.2) is 11.6 Å². The first-order chi connectivity index (χ1) is 5.95. The molecule has 13 heavy (non-hydrogen) atoms. The van der Waals surface area contributed by atoms with Gasteiger partial charge in [-0.1, -0.05) is 13.8 Å². The molecule has 0 aliphatic heterocycles. The van der Waals surface area contributed by atoms with Gasteiger partial charge >= 0.3 is 0 Å². The molecule has 0 bridgehead atoms. The van der Waals surface area contributed by atoms with Crippen molar-refractivity contribution in [2.75, 3.05) is 0 Å². The van der Waals surface area contributed by atoms with E-state index in [1.165, 1.54) is 6.08 Å². The second-order valence-electron chi connectivity index (χ2n) is 3.70. The number of rotatable bonds is 1. The Hall–Kier alpha value is -1.18. The summed E-state index contributed by atoms with van der Waals surface area (Å²) in [7, 11) is 0. The smallest absolute Gasteiger partial charge is 0.185 e. The highest BCUT2D eigenvalue weighted by Gasteiger charge is 2.24. The number of hydrogen-bond donors (Lipinski definition) is 0. The second kappa shape index (κ2) is 3.29. The lowest BCUT2D eigenvalue weighted by molar-refractivity contribution is -0.116. The Kier molecular flexibility index (Phi) is 2.50. The van der Waals surface area contributed by atoms with Crippen molar-refractivity contribution in [3.63, 3.8) is 0 Å². The third-order valence-corrected chi connectivity index (χ3v) is 2.44. The van der Waals surface area contributed by atoms with E-state index in [0.29, 0.717) is 16.7 Å². The summed E-state index contributed by atoms with van der Waals surface area (Å²) >= 11 is 0. The van der Waals surface area contributed by atoms with Gasteiger partial charge in [0.2, 0.25) is 0 Å². The highest BCUT2D eigenvalue weighted by Crippen LogP contribution is 2.23. The molecule has 2 nitrogen and oxygen atoms in total. The summed E-state index contributed by atoms with van der Waals surface area (Å²) in [4.78, 5) is 23.0. The predicted molar refractivity (Wildman–Crippen MR) is 51.3 cm³/mol. The Morgan fingerprint density at radius 3 is 2.08 bits per heavy atom. The molecule has 0 amide bonds. The summed E-state index contributed by atoms with van der Waals surface area (Å²) in [6.45, 7) is 7.25. The van der Waals surface area contributed by atoms with Gasteiger partial charge in [-0.15, -0.1) is 0 Å². The highest BCUT2D eigenvalue weighted by molar-refractivity contribution is 6.22. The lowest BCUT2D eigenvalue weighted by atomic mass is 9.86. The van der Waals surface area contributed by atoms with E-state index in [4.69, 9.17) is 0 Å². The topological polar surface area (TPSA) is 34.1 Å². The minimum Gasteiger partial charge on any atom is -0.290 e. The lowest BCUT2D eigenvalue weighted by Crippen LogP contribution is -2.19. The van der Waals surface area contributed by atoms with Crippen LogP contribution in [-0.4, -0.2) is 11.6 Å². The summed E-state index contributed by atoms with van der Waals surface area (Å²) in [6, 6.07) is 0. The number of hydrogen-bond acceptors (Lipinski definition) is 2. The van der Waals surface area contributed by atoms with Gasteiger partial charge in [0.1, 0.15) is 0 Å². The zero-order chi connectivity index (χ0) is 10.2. The molecule has 0 aromatic carbocycles. The molecule has 70 valence electrons. The summed E-state index contributed by atoms with van der Waals surface area (Å²) in [5.74, 6) is 0.118. The van der Waals surface area contributed by atoms with Crippen molar-refractivity contribution in [1.29, 1.82) is 0 Å². The van der Waals surface area contributed by atoms with Gasteiger partial charge in [-0.25, -0.2) is 0 Å². The van der Waals surface area contributed by atoms with Crippen molar-refractivity contribution < 1.29 is 9.59 Å². The second-order valence-corrected chi connectivity index (χ2v) is 3.70. The summed E-state index contributed by atoms with van der Waals surface area (Å²) in [5, 5.41) is 0. The minimum absolute atomic E-state index is 0.0205. The first-order valence-electron chi connectivity index (χ1n) is 4.43. The van der Waals surface area contributed by atoms with E-state index < -0.39 is 0 Å². The van der Waals surface area contributed by atoms with Gasteiger partial charge in [-0.2, -0.15) is 0 Å². The standard InChI is InChI=1S/C11H14O2/c1-6(2)9-5-10(12)7(3)8(4)11(9)13/h5-6H,1-4H3. The van der Waals surface area contributed by atoms with Gasteiger partial charge in [0, 0.05) is 16.7 Å². The lowest BCUT2D eigenvalue weighted by Gasteiger charge is -2.16. The van der Waals surface area contributed by atoms with Gasteiger partial charge in [-0.3, -0.25) is 9.59 Å². The minimum atomic E-state index is -0.0270. The van der Waals surface area contributed by atoms with E-state index in [1.54, 1.807) is 13.8 Å². The normalized spacial score (nSPS) is 18.4. The van der Waals surface area contributed by atoms with Crippen molar-refractivity contribution in [2.24, 2.45) is 5.92 Å². The number of allylic oxidation sites excluding steroid dienone is 4. The average Bonchev–Trinajstić information content (AvgIpc) is 2.07. The Morgan fingerprint density at radius 2 is 1.62 bits per heavy atom. The average molecular weight is 178 g/mol. The van der Waals surface area contributed by atoms with E-state index in [-0.39, 0.29) is 17.5 Å². The molecule has 0 heterocycles. The van der Waals surface area contributed by atoms with E-state index >= 15 is 0 Å². The molecule has 0 aromatic heterocycles. The highest BCUT2D eigenvalue weighted by atomic mass is 16.1. The van der Waals surface area contributed by atoms with Gasteiger partial charge in [0.05, 0.1) is 0 Å². The first-order valence-corrected chi connectivity index (χ1v) is 4.43. The molecule has 0 spiro atoms. The molecule has 0 N–H and O–H groups in total. The molecule has 1 rings (SSSR count). The predicted octanol–water partition coefficient (Wildman–Crippen LogP) is 2.06. The zero-order valence-corrected chi connectivity index (χ0v) is 8.47. The quantitative estimate of drug-likeness (QED) is 0.576. The Balaban J connectivity index is 3.15. The molecule has 0 saturated heterocycles. The molecule has 0 saturated carbocycles. The van der Waals surface area contributed by atoms with Crippen LogP contribution < -0.4 is 0 Å². The maximum Gasteiger partial charge on any atom is 0.185 e. The number of Topliss-reactive ketones (excluding diaryl/α,β-unsaturated/α-hetero) is 1. The van der Waals surface area contributed by atoms with Crippen molar-refractivity contribution in [2.45, 2.75) is 27.7 Å². The third kappa shape index (κ3) is 1.62. The Labute approximate surface area is 78.3 Å². The van der Waals surface area contributed by atoms with E-state index in [2.05, 4.69) is 0 Å². The molecule has 1 aliphatic carbocycles. The van der Waals surface area contributed by atoms with Gasteiger partial charge in [-0.05, 0) is 25.8 Å². The largest absolute Gasteiger partial charge is 0.290 e. The fourth-order valence-corrected chi connectivity index (χ4v) is 1.32. The van der Waals surface area contributed by atoms with E-state index in [1.807, 2.05) is 13.8 Å². The number of carbonyl (C=O) groups excluding carboxylic acids is 2. The molecule has 0 unspecified atom stereocenters. The van der Waals surface area contributed by atoms with Crippen LogP contribution in [0, 0.1) is 5.92 Å². The van der Waals surface area contributed by atoms with Gasteiger partial charge in [0.25, 0.3) is 0 Å².